The molecule has 1 aromatic carbocycles. The van der Waals surface area contributed by atoms with Crippen molar-refractivity contribution in [2.24, 2.45) is 5.73 Å². The van der Waals surface area contributed by atoms with Crippen LogP contribution >= 0.6 is 0 Å². The quantitative estimate of drug-likeness (QED) is 0.874. The van der Waals surface area contributed by atoms with Crippen LogP contribution in [-0.4, -0.2) is 48.6 Å². The molecule has 0 aliphatic carbocycles. The molecule has 0 amide bonds. The van der Waals surface area contributed by atoms with Crippen LogP contribution in [0.3, 0.4) is 0 Å². The lowest BCUT2D eigenvalue weighted by molar-refractivity contribution is 0.0898. The zero-order valence-corrected chi connectivity index (χ0v) is 12.7. The third kappa shape index (κ3) is 4.46. The molecule has 1 unspecified atom stereocenters. The van der Waals surface area contributed by atoms with Gasteiger partial charge in [0.2, 0.25) is 0 Å². The van der Waals surface area contributed by atoms with E-state index in [0.29, 0.717) is 24.7 Å². The number of benzene rings is 1. The number of nitrogens with zero attached hydrogens (tertiary/aromatic N) is 2. The third-order valence-corrected chi connectivity index (χ3v) is 4.22. The average Bonchev–Trinajstić information content (AvgIpc) is 2.49. The third-order valence-electron chi connectivity index (χ3n) is 4.22. The van der Waals surface area contributed by atoms with Gasteiger partial charge in [-0.05, 0) is 24.6 Å². The zero-order chi connectivity index (χ0) is 15.2. The molecule has 118 valence electrons. The molecule has 2 N–H and O–H groups in total. The van der Waals surface area contributed by atoms with Crippen molar-refractivity contribution in [3.05, 3.63) is 35.4 Å². The lowest BCUT2D eigenvalue weighted by Gasteiger charge is -2.39. The topological polar surface area (TPSA) is 32.5 Å². The highest BCUT2D eigenvalue weighted by Gasteiger charge is 2.22. The van der Waals surface area contributed by atoms with Crippen LogP contribution < -0.4 is 5.73 Å². The summed E-state index contributed by atoms with van der Waals surface area (Å²) in [4.78, 5) is 4.59. The average molecular weight is 297 g/mol. The van der Waals surface area contributed by atoms with E-state index in [-0.39, 0.29) is 11.6 Å². The first-order chi connectivity index (χ1) is 10.1. The van der Waals surface area contributed by atoms with Crippen molar-refractivity contribution in [1.82, 2.24) is 9.80 Å². The van der Waals surface area contributed by atoms with Crippen molar-refractivity contribution in [1.29, 1.82) is 0 Å². The van der Waals surface area contributed by atoms with E-state index in [1.165, 1.54) is 12.1 Å². The van der Waals surface area contributed by atoms with E-state index in [1.54, 1.807) is 0 Å². The predicted molar refractivity (Wildman–Crippen MR) is 81.0 cm³/mol. The molecule has 0 aromatic heterocycles. The fourth-order valence-electron chi connectivity index (χ4n) is 2.97. The van der Waals surface area contributed by atoms with Crippen molar-refractivity contribution in [2.45, 2.75) is 32.4 Å². The number of piperazine rings is 1. The minimum absolute atomic E-state index is 0.329. The van der Waals surface area contributed by atoms with E-state index in [9.17, 15) is 8.78 Å². The minimum atomic E-state index is -0.379. The lowest BCUT2D eigenvalue weighted by Crippen LogP contribution is -2.52. The number of rotatable bonds is 6. The Hall–Kier alpha value is -1.04. The van der Waals surface area contributed by atoms with Gasteiger partial charge in [-0.15, -0.1) is 0 Å². The van der Waals surface area contributed by atoms with Crippen LogP contribution in [0.2, 0.25) is 0 Å². The summed E-state index contributed by atoms with van der Waals surface area (Å²) >= 11 is 0. The van der Waals surface area contributed by atoms with E-state index in [4.69, 9.17) is 5.73 Å². The molecule has 1 aliphatic heterocycles. The predicted octanol–water partition coefficient (Wildman–Crippen LogP) is 2.21. The first kappa shape index (κ1) is 16.3. The molecule has 2 rings (SSSR count). The van der Waals surface area contributed by atoms with Crippen LogP contribution in [0.4, 0.5) is 8.78 Å². The summed E-state index contributed by atoms with van der Waals surface area (Å²) in [6.45, 7) is 6.96. The number of halogens is 2. The summed E-state index contributed by atoms with van der Waals surface area (Å²) in [6.07, 6.45) is 2.26. The standard InChI is InChI=1S/C16H25F2N3/c1-2-3-15(11-19)21-8-6-20(7-9-21)12-13-10-14(17)4-5-16(13)18/h4-5,10,15H,2-3,6-9,11-12,19H2,1H3. The van der Waals surface area contributed by atoms with Gasteiger partial charge >= 0.3 is 0 Å². The molecular weight excluding hydrogens is 272 g/mol. The van der Waals surface area contributed by atoms with Gasteiger partial charge in [-0.2, -0.15) is 0 Å². The smallest absolute Gasteiger partial charge is 0.127 e. The van der Waals surface area contributed by atoms with Crippen molar-refractivity contribution in [2.75, 3.05) is 32.7 Å². The highest BCUT2D eigenvalue weighted by molar-refractivity contribution is 5.18. The van der Waals surface area contributed by atoms with Gasteiger partial charge in [-0.25, -0.2) is 8.78 Å². The summed E-state index contributed by atoms with van der Waals surface area (Å²) < 4.78 is 26.9. The van der Waals surface area contributed by atoms with Crippen LogP contribution in [-0.2, 0) is 6.54 Å². The maximum Gasteiger partial charge on any atom is 0.127 e. The highest BCUT2D eigenvalue weighted by Crippen LogP contribution is 2.15. The van der Waals surface area contributed by atoms with Crippen molar-refractivity contribution >= 4 is 0 Å². The molecule has 0 saturated carbocycles. The second-order valence-electron chi connectivity index (χ2n) is 5.73. The Morgan fingerprint density at radius 1 is 1.19 bits per heavy atom. The Balaban J connectivity index is 1.88. The molecular formula is C16H25F2N3. The summed E-state index contributed by atoms with van der Waals surface area (Å²) in [5.41, 5.74) is 6.28. The molecule has 21 heavy (non-hydrogen) atoms. The summed E-state index contributed by atoms with van der Waals surface area (Å²) in [5, 5.41) is 0. The molecule has 1 atom stereocenters. The van der Waals surface area contributed by atoms with Gasteiger partial charge in [-0.1, -0.05) is 13.3 Å². The minimum Gasteiger partial charge on any atom is -0.329 e. The highest BCUT2D eigenvalue weighted by atomic mass is 19.1. The Morgan fingerprint density at radius 3 is 2.52 bits per heavy atom. The molecule has 3 nitrogen and oxygen atoms in total. The molecule has 1 fully saturated rings. The van der Waals surface area contributed by atoms with Crippen LogP contribution in [0.5, 0.6) is 0 Å². The molecule has 1 aliphatic rings. The Kier molecular flexibility index (Phi) is 6.08. The fourth-order valence-corrected chi connectivity index (χ4v) is 2.97. The zero-order valence-electron chi connectivity index (χ0n) is 12.7. The van der Waals surface area contributed by atoms with E-state index in [2.05, 4.69) is 16.7 Å². The summed E-state index contributed by atoms with van der Waals surface area (Å²) in [6, 6.07) is 4.10. The Labute approximate surface area is 125 Å². The molecule has 5 heteroatoms. The molecule has 1 saturated heterocycles. The Bertz CT molecular complexity index is 445. The van der Waals surface area contributed by atoms with Crippen molar-refractivity contribution in [3.63, 3.8) is 0 Å². The maximum absolute atomic E-state index is 13.7. The number of hydrogen-bond donors (Lipinski definition) is 1. The molecule has 1 aromatic rings. The van der Waals surface area contributed by atoms with Crippen molar-refractivity contribution in [3.8, 4) is 0 Å². The van der Waals surface area contributed by atoms with Gasteiger partial charge < -0.3 is 5.73 Å². The molecule has 1 heterocycles. The van der Waals surface area contributed by atoms with Crippen LogP contribution in [0, 0.1) is 11.6 Å². The molecule has 0 bridgehead atoms. The van der Waals surface area contributed by atoms with E-state index in [1.807, 2.05) is 0 Å². The first-order valence-corrected chi connectivity index (χ1v) is 7.74. The monoisotopic (exact) mass is 297 g/mol. The SMILES string of the molecule is CCCC(CN)N1CCN(Cc2cc(F)ccc2F)CC1. The molecule has 0 radical (unpaired) electrons. The summed E-state index contributed by atoms with van der Waals surface area (Å²) in [7, 11) is 0. The Morgan fingerprint density at radius 2 is 1.90 bits per heavy atom. The fraction of sp³-hybridized carbons (Fsp3) is 0.625. The van der Waals surface area contributed by atoms with Crippen LogP contribution in [0.1, 0.15) is 25.3 Å². The van der Waals surface area contributed by atoms with Gasteiger partial charge in [0, 0.05) is 50.9 Å². The largest absolute Gasteiger partial charge is 0.329 e. The van der Waals surface area contributed by atoms with Gasteiger partial charge in [0.1, 0.15) is 11.6 Å². The van der Waals surface area contributed by atoms with Gasteiger partial charge in [0.15, 0.2) is 0 Å². The second kappa shape index (κ2) is 7.82. The van der Waals surface area contributed by atoms with Gasteiger partial charge in [0.25, 0.3) is 0 Å². The van der Waals surface area contributed by atoms with E-state index in [0.717, 1.165) is 45.1 Å². The van der Waals surface area contributed by atoms with Gasteiger partial charge in [0.05, 0.1) is 0 Å². The summed E-state index contributed by atoms with van der Waals surface area (Å²) in [5.74, 6) is -0.708. The maximum atomic E-state index is 13.7. The first-order valence-electron chi connectivity index (χ1n) is 7.74. The van der Waals surface area contributed by atoms with Gasteiger partial charge in [-0.3, -0.25) is 9.80 Å². The number of nitrogens with two attached hydrogens (primary N) is 1. The number of hydrogen-bond acceptors (Lipinski definition) is 3. The van der Waals surface area contributed by atoms with E-state index >= 15 is 0 Å². The van der Waals surface area contributed by atoms with Crippen LogP contribution in [0.15, 0.2) is 18.2 Å². The van der Waals surface area contributed by atoms with Crippen molar-refractivity contribution < 1.29 is 8.78 Å². The second-order valence-corrected chi connectivity index (χ2v) is 5.73. The lowest BCUT2D eigenvalue weighted by atomic mass is 10.1. The van der Waals surface area contributed by atoms with E-state index < -0.39 is 0 Å². The molecule has 0 spiro atoms. The normalized spacial score (nSPS) is 18.9. The van der Waals surface area contributed by atoms with Crippen LogP contribution in [0.25, 0.3) is 0 Å².